The van der Waals surface area contributed by atoms with Gasteiger partial charge in [0.05, 0.1) is 22.8 Å². The second-order valence-electron chi connectivity index (χ2n) is 9.48. The molecule has 0 radical (unpaired) electrons. The van der Waals surface area contributed by atoms with Crippen molar-refractivity contribution in [1.82, 2.24) is 24.7 Å². The van der Waals surface area contributed by atoms with E-state index >= 15 is 0 Å². The molecule has 5 rings (SSSR count). The standard InChI is InChI=1S/C26H25ClN6O/c1-16(17-6-7-22(29-12-17)18-5-4-8-28-11-18)25(34)32-24-9-19(21(27)14-30-24)20-13-31-33-15-26(2,3)10-23(20)33/h4-9,11-14,16H,10,15H2,1-3H3,(H,30,32,34). The van der Waals surface area contributed by atoms with E-state index in [2.05, 4.69) is 39.2 Å². The van der Waals surface area contributed by atoms with E-state index in [9.17, 15) is 4.79 Å². The molecule has 0 aromatic carbocycles. The molecular formula is C26H25ClN6O. The molecule has 1 amide bonds. The van der Waals surface area contributed by atoms with Gasteiger partial charge in [0.15, 0.2) is 0 Å². The largest absolute Gasteiger partial charge is 0.310 e. The van der Waals surface area contributed by atoms with E-state index < -0.39 is 5.92 Å². The highest BCUT2D eigenvalue weighted by molar-refractivity contribution is 6.33. The molecule has 0 aliphatic carbocycles. The third-order valence-corrected chi connectivity index (χ3v) is 6.51. The fraction of sp³-hybridized carbons (Fsp3) is 0.269. The number of hydrogen-bond donors (Lipinski definition) is 1. The maximum atomic E-state index is 13.0. The number of anilines is 1. The minimum absolute atomic E-state index is 0.158. The first-order valence-corrected chi connectivity index (χ1v) is 11.6. The Kier molecular flexibility index (Phi) is 5.65. The molecule has 8 heteroatoms. The molecule has 0 fully saturated rings. The number of carbonyl (C=O) groups is 1. The van der Waals surface area contributed by atoms with E-state index in [1.807, 2.05) is 48.1 Å². The molecule has 1 aliphatic heterocycles. The minimum Gasteiger partial charge on any atom is -0.310 e. The summed E-state index contributed by atoms with van der Waals surface area (Å²) in [6, 6.07) is 9.45. The number of amides is 1. The Balaban J connectivity index is 1.34. The van der Waals surface area contributed by atoms with Crippen LogP contribution >= 0.6 is 11.6 Å². The van der Waals surface area contributed by atoms with Crippen LogP contribution in [0, 0.1) is 5.41 Å². The second kappa shape index (κ2) is 8.65. The number of halogens is 1. The van der Waals surface area contributed by atoms with Crippen LogP contribution in [0.15, 0.2) is 61.3 Å². The summed E-state index contributed by atoms with van der Waals surface area (Å²) in [6.07, 6.45) is 9.55. The highest BCUT2D eigenvalue weighted by atomic mass is 35.5. The molecular weight excluding hydrogens is 448 g/mol. The molecule has 0 saturated carbocycles. The van der Waals surface area contributed by atoms with Crippen molar-refractivity contribution in [2.45, 2.75) is 39.7 Å². The van der Waals surface area contributed by atoms with E-state index in [1.54, 1.807) is 24.8 Å². The summed E-state index contributed by atoms with van der Waals surface area (Å²) in [5.74, 6) is -0.121. The lowest BCUT2D eigenvalue weighted by molar-refractivity contribution is -0.117. The molecule has 4 aromatic heterocycles. The lowest BCUT2D eigenvalue weighted by Crippen LogP contribution is -2.19. The summed E-state index contributed by atoms with van der Waals surface area (Å²) in [5, 5.41) is 7.99. The Labute approximate surface area is 203 Å². The van der Waals surface area contributed by atoms with Crippen molar-refractivity contribution < 1.29 is 4.79 Å². The topological polar surface area (TPSA) is 85.6 Å². The van der Waals surface area contributed by atoms with Crippen LogP contribution in [0.2, 0.25) is 5.02 Å². The summed E-state index contributed by atoms with van der Waals surface area (Å²) >= 11 is 6.50. The van der Waals surface area contributed by atoms with Gasteiger partial charge in [-0.1, -0.05) is 31.5 Å². The fourth-order valence-corrected chi connectivity index (χ4v) is 4.52. The van der Waals surface area contributed by atoms with Gasteiger partial charge in [0, 0.05) is 53.7 Å². The zero-order chi connectivity index (χ0) is 23.9. The van der Waals surface area contributed by atoms with E-state index in [-0.39, 0.29) is 11.3 Å². The van der Waals surface area contributed by atoms with E-state index in [4.69, 9.17) is 11.6 Å². The van der Waals surface area contributed by atoms with Crippen LogP contribution in [0.25, 0.3) is 22.4 Å². The van der Waals surface area contributed by atoms with Crippen LogP contribution in [-0.4, -0.2) is 30.6 Å². The number of rotatable bonds is 5. The molecule has 1 unspecified atom stereocenters. The number of pyridine rings is 3. The van der Waals surface area contributed by atoms with Crippen molar-refractivity contribution in [3.63, 3.8) is 0 Å². The lowest BCUT2D eigenvalue weighted by atomic mass is 9.89. The molecule has 7 nitrogen and oxygen atoms in total. The molecule has 0 saturated heterocycles. The van der Waals surface area contributed by atoms with Crippen LogP contribution in [0.5, 0.6) is 0 Å². The van der Waals surface area contributed by atoms with Gasteiger partial charge in [0.2, 0.25) is 5.91 Å². The van der Waals surface area contributed by atoms with Crippen LogP contribution in [0.1, 0.15) is 37.9 Å². The van der Waals surface area contributed by atoms with Crippen LogP contribution in [0.4, 0.5) is 5.82 Å². The number of nitrogens with zero attached hydrogens (tertiary/aromatic N) is 5. The Bertz CT molecular complexity index is 1350. The molecule has 1 N–H and O–H groups in total. The number of hydrogen-bond acceptors (Lipinski definition) is 5. The highest BCUT2D eigenvalue weighted by Crippen LogP contribution is 2.39. The van der Waals surface area contributed by atoms with Gasteiger partial charge in [0.25, 0.3) is 0 Å². The summed E-state index contributed by atoms with van der Waals surface area (Å²) in [5.41, 5.74) is 5.67. The average molecular weight is 473 g/mol. The molecule has 0 spiro atoms. The third kappa shape index (κ3) is 4.31. The maximum absolute atomic E-state index is 13.0. The normalized spacial score (nSPS) is 15.1. The first kappa shape index (κ1) is 22.2. The molecule has 34 heavy (non-hydrogen) atoms. The zero-order valence-electron chi connectivity index (χ0n) is 19.3. The smallest absolute Gasteiger partial charge is 0.232 e. The van der Waals surface area contributed by atoms with E-state index in [0.29, 0.717) is 10.8 Å². The predicted molar refractivity (Wildman–Crippen MR) is 132 cm³/mol. The molecule has 0 bridgehead atoms. The molecule has 1 atom stereocenters. The highest BCUT2D eigenvalue weighted by Gasteiger charge is 2.32. The number of nitrogens with one attached hydrogen (secondary N) is 1. The molecule has 1 aliphatic rings. The molecule has 5 heterocycles. The quantitative estimate of drug-likeness (QED) is 0.421. The van der Waals surface area contributed by atoms with Crippen molar-refractivity contribution in [1.29, 1.82) is 0 Å². The van der Waals surface area contributed by atoms with Crippen LogP contribution in [0.3, 0.4) is 0 Å². The Morgan fingerprint density at radius 1 is 1.12 bits per heavy atom. The summed E-state index contributed by atoms with van der Waals surface area (Å²) in [6.45, 7) is 7.18. The monoisotopic (exact) mass is 472 g/mol. The SMILES string of the molecule is CC(C(=O)Nc1cc(-c2cnn3c2CC(C)(C)C3)c(Cl)cn1)c1ccc(-c2cccnc2)nc1. The van der Waals surface area contributed by atoms with Gasteiger partial charge >= 0.3 is 0 Å². The molecule has 4 aromatic rings. The Morgan fingerprint density at radius 3 is 2.71 bits per heavy atom. The van der Waals surface area contributed by atoms with Gasteiger partial charge in [-0.05, 0) is 48.6 Å². The van der Waals surface area contributed by atoms with Crippen molar-refractivity contribution in [3.05, 3.63) is 77.6 Å². The summed E-state index contributed by atoms with van der Waals surface area (Å²) in [7, 11) is 0. The second-order valence-corrected chi connectivity index (χ2v) is 9.89. The van der Waals surface area contributed by atoms with Crippen molar-refractivity contribution in [2.24, 2.45) is 5.41 Å². The van der Waals surface area contributed by atoms with E-state index in [0.717, 1.165) is 46.6 Å². The predicted octanol–water partition coefficient (Wildman–Crippen LogP) is 5.38. The van der Waals surface area contributed by atoms with Gasteiger partial charge in [-0.2, -0.15) is 5.10 Å². The lowest BCUT2D eigenvalue weighted by Gasteiger charge is -2.15. The minimum atomic E-state index is -0.405. The van der Waals surface area contributed by atoms with Crippen molar-refractivity contribution in [2.75, 3.05) is 5.32 Å². The first-order chi connectivity index (χ1) is 16.3. The first-order valence-electron chi connectivity index (χ1n) is 11.2. The van der Waals surface area contributed by atoms with E-state index in [1.165, 1.54) is 0 Å². The maximum Gasteiger partial charge on any atom is 0.232 e. The Morgan fingerprint density at radius 2 is 1.97 bits per heavy atom. The number of aromatic nitrogens is 5. The van der Waals surface area contributed by atoms with Gasteiger partial charge in [-0.25, -0.2) is 4.98 Å². The van der Waals surface area contributed by atoms with Gasteiger partial charge in [-0.3, -0.25) is 19.4 Å². The van der Waals surface area contributed by atoms with Crippen molar-refractivity contribution >= 4 is 23.3 Å². The number of carbonyl (C=O) groups excluding carboxylic acids is 1. The van der Waals surface area contributed by atoms with Gasteiger partial charge in [0.1, 0.15) is 5.82 Å². The third-order valence-electron chi connectivity index (χ3n) is 6.21. The number of fused-ring (bicyclic) bond motifs is 1. The average Bonchev–Trinajstić information content (AvgIpc) is 3.35. The van der Waals surface area contributed by atoms with Gasteiger partial charge < -0.3 is 5.32 Å². The van der Waals surface area contributed by atoms with Crippen LogP contribution in [-0.2, 0) is 17.8 Å². The van der Waals surface area contributed by atoms with Crippen LogP contribution < -0.4 is 5.32 Å². The van der Waals surface area contributed by atoms with Gasteiger partial charge in [-0.15, -0.1) is 0 Å². The fourth-order valence-electron chi connectivity index (χ4n) is 4.32. The summed E-state index contributed by atoms with van der Waals surface area (Å²) < 4.78 is 2.04. The Hall–Kier alpha value is -3.58. The zero-order valence-corrected chi connectivity index (χ0v) is 20.0. The summed E-state index contributed by atoms with van der Waals surface area (Å²) in [4.78, 5) is 25.9. The van der Waals surface area contributed by atoms with Crippen molar-refractivity contribution in [3.8, 4) is 22.4 Å². The molecule has 172 valence electrons.